The van der Waals surface area contributed by atoms with Crippen LogP contribution in [0.15, 0.2) is 46.3 Å². The Morgan fingerprint density at radius 3 is 2.59 bits per heavy atom. The second-order valence-corrected chi connectivity index (χ2v) is 8.76. The van der Waals surface area contributed by atoms with Crippen molar-refractivity contribution in [2.75, 3.05) is 6.61 Å². The Bertz CT molecular complexity index is 1190. The summed E-state index contributed by atoms with van der Waals surface area (Å²) < 4.78 is 5.77. The number of thioether (sulfide) groups is 1. The summed E-state index contributed by atoms with van der Waals surface area (Å²) in [6.45, 7) is 8.09. The predicted molar refractivity (Wildman–Crippen MR) is 127 cm³/mol. The minimum Gasteiger partial charge on any atom is -0.493 e. The van der Waals surface area contributed by atoms with E-state index >= 15 is 0 Å². The van der Waals surface area contributed by atoms with Gasteiger partial charge in [-0.05, 0) is 62.1 Å². The molecular weight excluding hydrogens is 424 g/mol. The summed E-state index contributed by atoms with van der Waals surface area (Å²) in [6.07, 6.45) is 0.935. The van der Waals surface area contributed by atoms with Gasteiger partial charge in [-0.25, -0.2) is 0 Å². The number of benzene rings is 2. The quantitative estimate of drug-likeness (QED) is 0.271. The number of ether oxygens (including phenoxy) is 1. The lowest BCUT2D eigenvalue weighted by Gasteiger charge is -2.13. The molecule has 1 heterocycles. The molecule has 0 unspecified atom stereocenters. The smallest absolute Gasteiger partial charge is 0.258 e. The largest absolute Gasteiger partial charge is 0.493 e. The van der Waals surface area contributed by atoms with Crippen LogP contribution in [0.25, 0.3) is 0 Å². The van der Waals surface area contributed by atoms with Gasteiger partial charge in [0.25, 0.3) is 5.56 Å². The summed E-state index contributed by atoms with van der Waals surface area (Å²) in [4.78, 5) is 31.5. The molecule has 0 aliphatic heterocycles. The highest BCUT2D eigenvalue weighted by atomic mass is 32.2. The molecule has 0 bridgehead atoms. The maximum absolute atomic E-state index is 12.8. The Morgan fingerprint density at radius 1 is 1.16 bits per heavy atom. The number of carbonyl (C=O) groups is 1. The summed E-state index contributed by atoms with van der Waals surface area (Å²) >= 11 is 1.36. The minimum atomic E-state index is -0.407. The van der Waals surface area contributed by atoms with E-state index < -0.39 is 5.56 Å². The van der Waals surface area contributed by atoms with Crippen LogP contribution in [0.4, 0.5) is 0 Å². The fraction of sp³-hybridized carbons (Fsp3) is 0.320. The molecule has 7 heteroatoms. The average Bonchev–Trinajstić information content (AvgIpc) is 2.74. The first kappa shape index (κ1) is 23.6. The molecule has 3 rings (SSSR count). The van der Waals surface area contributed by atoms with Crippen molar-refractivity contribution in [3.8, 4) is 11.6 Å². The highest BCUT2D eigenvalue weighted by molar-refractivity contribution is 7.98. The first-order valence-electron chi connectivity index (χ1n) is 10.6. The number of Topliss-reactive ketones (excluding diaryl/α,β-unsaturated/α-hetero) is 1. The summed E-state index contributed by atoms with van der Waals surface area (Å²) in [6, 6.07) is 11.4. The SMILES string of the molecule is CCCOc1ccc(C(C)=O)cc1Cc1c(O)nc(SCc2ccc(C)cc2C)[nH]c1=O. The van der Waals surface area contributed by atoms with Crippen molar-refractivity contribution in [3.05, 3.63) is 80.1 Å². The van der Waals surface area contributed by atoms with Crippen LogP contribution in [-0.4, -0.2) is 27.5 Å². The number of aryl methyl sites for hydroxylation is 2. The number of aromatic hydroxyl groups is 1. The first-order chi connectivity index (χ1) is 15.3. The van der Waals surface area contributed by atoms with Crippen molar-refractivity contribution >= 4 is 17.5 Å². The van der Waals surface area contributed by atoms with Crippen LogP contribution in [0.1, 0.15) is 58.4 Å². The second-order valence-electron chi connectivity index (χ2n) is 7.80. The van der Waals surface area contributed by atoms with Gasteiger partial charge in [0.1, 0.15) is 5.75 Å². The molecule has 0 radical (unpaired) electrons. The molecule has 1 aromatic heterocycles. The van der Waals surface area contributed by atoms with Crippen LogP contribution in [0.5, 0.6) is 11.6 Å². The van der Waals surface area contributed by atoms with Crippen molar-refractivity contribution in [2.24, 2.45) is 0 Å². The van der Waals surface area contributed by atoms with E-state index in [-0.39, 0.29) is 23.6 Å². The first-order valence-corrected chi connectivity index (χ1v) is 11.5. The number of aromatic nitrogens is 2. The van der Waals surface area contributed by atoms with Crippen LogP contribution in [-0.2, 0) is 12.2 Å². The van der Waals surface area contributed by atoms with Crippen LogP contribution in [0, 0.1) is 13.8 Å². The van der Waals surface area contributed by atoms with Gasteiger partial charge in [-0.3, -0.25) is 9.59 Å². The Labute approximate surface area is 192 Å². The molecule has 0 saturated heterocycles. The topological polar surface area (TPSA) is 92.3 Å². The number of rotatable bonds is 9. The fourth-order valence-corrected chi connectivity index (χ4v) is 4.26. The normalized spacial score (nSPS) is 10.9. The van der Waals surface area contributed by atoms with Gasteiger partial charge in [-0.2, -0.15) is 4.98 Å². The van der Waals surface area contributed by atoms with Crippen molar-refractivity contribution < 1.29 is 14.6 Å². The lowest BCUT2D eigenvalue weighted by Crippen LogP contribution is -2.16. The van der Waals surface area contributed by atoms with Gasteiger partial charge in [0.05, 0.1) is 12.2 Å². The van der Waals surface area contributed by atoms with E-state index in [1.165, 1.54) is 29.8 Å². The summed E-state index contributed by atoms with van der Waals surface area (Å²) in [7, 11) is 0. The number of nitrogens with zero attached hydrogens (tertiary/aromatic N) is 1. The molecule has 0 atom stereocenters. The zero-order chi connectivity index (χ0) is 23.3. The number of carbonyl (C=O) groups excluding carboxylic acids is 1. The van der Waals surface area contributed by atoms with E-state index in [0.29, 0.717) is 34.4 Å². The third kappa shape index (κ3) is 5.79. The lowest BCUT2D eigenvalue weighted by molar-refractivity contribution is 0.101. The highest BCUT2D eigenvalue weighted by Gasteiger charge is 2.16. The van der Waals surface area contributed by atoms with E-state index in [4.69, 9.17) is 4.74 Å². The van der Waals surface area contributed by atoms with Crippen molar-refractivity contribution in [2.45, 2.75) is 51.4 Å². The van der Waals surface area contributed by atoms with E-state index in [1.807, 2.05) is 26.8 Å². The zero-order valence-corrected chi connectivity index (χ0v) is 19.6. The zero-order valence-electron chi connectivity index (χ0n) is 18.8. The molecule has 0 aliphatic carbocycles. The molecule has 168 valence electrons. The molecule has 0 amide bonds. The van der Waals surface area contributed by atoms with Crippen LogP contribution >= 0.6 is 11.8 Å². The number of hydrogen-bond acceptors (Lipinski definition) is 6. The number of aromatic amines is 1. The highest BCUT2D eigenvalue weighted by Crippen LogP contribution is 2.27. The van der Waals surface area contributed by atoms with Crippen LogP contribution in [0.3, 0.4) is 0 Å². The van der Waals surface area contributed by atoms with Gasteiger partial charge < -0.3 is 14.8 Å². The van der Waals surface area contributed by atoms with Gasteiger partial charge in [0, 0.05) is 17.7 Å². The third-order valence-corrected chi connectivity index (χ3v) is 6.05. The summed E-state index contributed by atoms with van der Waals surface area (Å²) in [5.41, 5.74) is 4.42. The van der Waals surface area contributed by atoms with E-state index in [1.54, 1.807) is 18.2 Å². The van der Waals surface area contributed by atoms with E-state index in [2.05, 4.69) is 22.1 Å². The van der Waals surface area contributed by atoms with E-state index in [9.17, 15) is 14.7 Å². The van der Waals surface area contributed by atoms with Gasteiger partial charge in [0.15, 0.2) is 10.9 Å². The Balaban J connectivity index is 1.84. The minimum absolute atomic E-state index is 0.0808. The van der Waals surface area contributed by atoms with Crippen molar-refractivity contribution in [3.63, 3.8) is 0 Å². The molecule has 0 aliphatic rings. The van der Waals surface area contributed by atoms with Gasteiger partial charge in [-0.15, -0.1) is 0 Å². The molecular formula is C25H28N2O4S. The molecule has 0 fully saturated rings. The summed E-state index contributed by atoms with van der Waals surface area (Å²) in [5, 5.41) is 10.9. The number of nitrogens with one attached hydrogen (secondary N) is 1. The molecule has 0 saturated carbocycles. The third-order valence-electron chi connectivity index (χ3n) is 5.13. The predicted octanol–water partition coefficient (Wildman–Crippen LogP) is 4.97. The average molecular weight is 453 g/mol. The monoisotopic (exact) mass is 452 g/mol. The standard InChI is InChI=1S/C25H28N2O4S/c1-5-10-31-22-9-8-18(17(4)28)12-20(22)13-21-23(29)26-25(27-24(21)30)32-14-19-7-6-15(2)11-16(19)3/h6-9,11-12H,5,10,13-14H2,1-4H3,(H2,26,27,29,30). The van der Waals surface area contributed by atoms with Gasteiger partial charge in [0.2, 0.25) is 5.88 Å². The number of H-pyrrole nitrogens is 1. The molecule has 3 aromatic rings. The van der Waals surface area contributed by atoms with Gasteiger partial charge in [-0.1, -0.05) is 42.4 Å². The van der Waals surface area contributed by atoms with Crippen LogP contribution in [0.2, 0.25) is 0 Å². The number of hydrogen-bond donors (Lipinski definition) is 2. The fourth-order valence-electron chi connectivity index (χ4n) is 3.33. The molecule has 2 aromatic carbocycles. The maximum Gasteiger partial charge on any atom is 0.258 e. The molecule has 2 N–H and O–H groups in total. The van der Waals surface area contributed by atoms with Crippen molar-refractivity contribution in [1.29, 1.82) is 0 Å². The Hall–Kier alpha value is -3.06. The van der Waals surface area contributed by atoms with Crippen LogP contribution < -0.4 is 10.3 Å². The lowest BCUT2D eigenvalue weighted by atomic mass is 10.0. The maximum atomic E-state index is 12.8. The Morgan fingerprint density at radius 2 is 1.94 bits per heavy atom. The molecule has 32 heavy (non-hydrogen) atoms. The molecule has 0 spiro atoms. The van der Waals surface area contributed by atoms with E-state index in [0.717, 1.165) is 12.0 Å². The number of ketones is 1. The van der Waals surface area contributed by atoms with Crippen molar-refractivity contribution in [1.82, 2.24) is 9.97 Å². The second kappa shape index (κ2) is 10.5. The molecule has 6 nitrogen and oxygen atoms in total. The summed E-state index contributed by atoms with van der Waals surface area (Å²) in [5.74, 6) is 0.821. The Kier molecular flexibility index (Phi) is 7.75. The van der Waals surface area contributed by atoms with Gasteiger partial charge >= 0.3 is 0 Å².